The van der Waals surface area contributed by atoms with Crippen LogP contribution < -0.4 is 5.73 Å². The Hall–Kier alpha value is -1.88. The first-order chi connectivity index (χ1) is 10.0. The topological polar surface area (TPSA) is 53.0 Å². The molecule has 0 aliphatic carbocycles. The standard InChI is InChI=1S/C17H22FN3/c1-14(2)12-21(8-4-7-20)13-16-9-15(5-3-6-19)10-17(18)11-16/h9-11,14H,4,6,8,12-13,19H2,1-2H3. The Labute approximate surface area is 126 Å². The lowest BCUT2D eigenvalue weighted by Gasteiger charge is -2.23. The lowest BCUT2D eigenvalue weighted by atomic mass is 10.1. The van der Waals surface area contributed by atoms with Crippen molar-refractivity contribution in [1.82, 2.24) is 4.90 Å². The largest absolute Gasteiger partial charge is 0.320 e. The van der Waals surface area contributed by atoms with Gasteiger partial charge in [-0.3, -0.25) is 4.90 Å². The van der Waals surface area contributed by atoms with Gasteiger partial charge in [0.15, 0.2) is 0 Å². The van der Waals surface area contributed by atoms with Gasteiger partial charge in [-0.2, -0.15) is 5.26 Å². The molecule has 0 saturated heterocycles. The molecule has 21 heavy (non-hydrogen) atoms. The molecule has 1 aromatic carbocycles. The first kappa shape index (κ1) is 17.2. The van der Waals surface area contributed by atoms with Crippen molar-refractivity contribution >= 4 is 0 Å². The van der Waals surface area contributed by atoms with Crippen molar-refractivity contribution in [3.8, 4) is 17.9 Å². The molecule has 2 N–H and O–H groups in total. The summed E-state index contributed by atoms with van der Waals surface area (Å²) in [4.78, 5) is 2.17. The normalized spacial score (nSPS) is 10.3. The van der Waals surface area contributed by atoms with Crippen molar-refractivity contribution < 1.29 is 4.39 Å². The average molecular weight is 287 g/mol. The first-order valence-electron chi connectivity index (χ1n) is 7.13. The third kappa shape index (κ3) is 6.90. The van der Waals surface area contributed by atoms with Crippen LogP contribution >= 0.6 is 0 Å². The van der Waals surface area contributed by atoms with Gasteiger partial charge in [-0.15, -0.1) is 0 Å². The van der Waals surface area contributed by atoms with E-state index in [4.69, 9.17) is 11.0 Å². The summed E-state index contributed by atoms with van der Waals surface area (Å²) >= 11 is 0. The fourth-order valence-corrected chi connectivity index (χ4v) is 2.18. The van der Waals surface area contributed by atoms with E-state index in [2.05, 4.69) is 36.7 Å². The summed E-state index contributed by atoms with van der Waals surface area (Å²) in [6.45, 7) is 6.70. The summed E-state index contributed by atoms with van der Waals surface area (Å²) in [5.74, 6) is 5.79. The molecular formula is C17H22FN3. The van der Waals surface area contributed by atoms with Gasteiger partial charge in [0.1, 0.15) is 5.82 Å². The van der Waals surface area contributed by atoms with Gasteiger partial charge in [0.05, 0.1) is 12.6 Å². The molecule has 0 aromatic heterocycles. The third-order valence-electron chi connectivity index (χ3n) is 2.86. The van der Waals surface area contributed by atoms with E-state index in [1.54, 1.807) is 0 Å². The SMILES string of the molecule is CC(C)CN(CCC#N)Cc1cc(F)cc(C#CCN)c1. The van der Waals surface area contributed by atoms with Gasteiger partial charge >= 0.3 is 0 Å². The number of nitrogens with zero attached hydrogens (tertiary/aromatic N) is 2. The summed E-state index contributed by atoms with van der Waals surface area (Å²) < 4.78 is 13.7. The van der Waals surface area contributed by atoms with Crippen LogP contribution in [0.4, 0.5) is 4.39 Å². The Balaban J connectivity index is 2.86. The lowest BCUT2D eigenvalue weighted by Crippen LogP contribution is -2.28. The van der Waals surface area contributed by atoms with Crippen molar-refractivity contribution in [1.29, 1.82) is 5.26 Å². The fourth-order valence-electron chi connectivity index (χ4n) is 2.18. The van der Waals surface area contributed by atoms with E-state index in [0.717, 1.165) is 12.1 Å². The Kier molecular flexibility index (Phi) is 7.46. The molecule has 0 amide bonds. The van der Waals surface area contributed by atoms with Gasteiger partial charge in [-0.1, -0.05) is 25.7 Å². The molecule has 0 atom stereocenters. The van der Waals surface area contributed by atoms with E-state index in [-0.39, 0.29) is 12.4 Å². The van der Waals surface area contributed by atoms with Gasteiger partial charge < -0.3 is 5.73 Å². The molecule has 0 spiro atoms. The van der Waals surface area contributed by atoms with Gasteiger partial charge in [0, 0.05) is 31.6 Å². The fraction of sp³-hybridized carbons (Fsp3) is 0.471. The van der Waals surface area contributed by atoms with Crippen LogP contribution in [0.2, 0.25) is 0 Å². The zero-order valence-electron chi connectivity index (χ0n) is 12.7. The van der Waals surface area contributed by atoms with E-state index in [0.29, 0.717) is 31.0 Å². The van der Waals surface area contributed by atoms with Gasteiger partial charge in [-0.25, -0.2) is 4.39 Å². The van der Waals surface area contributed by atoms with E-state index in [9.17, 15) is 4.39 Å². The van der Waals surface area contributed by atoms with Crippen LogP contribution in [-0.2, 0) is 6.54 Å². The monoisotopic (exact) mass is 287 g/mol. The molecule has 0 heterocycles. The minimum Gasteiger partial charge on any atom is -0.320 e. The number of halogens is 1. The van der Waals surface area contributed by atoms with E-state index >= 15 is 0 Å². The minimum atomic E-state index is -0.293. The van der Waals surface area contributed by atoms with Crippen molar-refractivity contribution in [2.75, 3.05) is 19.6 Å². The molecule has 0 aliphatic heterocycles. The Morgan fingerprint density at radius 2 is 2.10 bits per heavy atom. The van der Waals surface area contributed by atoms with Crippen molar-refractivity contribution in [2.45, 2.75) is 26.8 Å². The third-order valence-corrected chi connectivity index (χ3v) is 2.86. The highest BCUT2D eigenvalue weighted by molar-refractivity contribution is 5.38. The van der Waals surface area contributed by atoms with Crippen molar-refractivity contribution in [2.24, 2.45) is 11.7 Å². The predicted octanol–water partition coefficient (Wildman–Crippen LogP) is 2.51. The molecule has 3 nitrogen and oxygen atoms in total. The van der Waals surface area contributed by atoms with Crippen LogP contribution in [0.25, 0.3) is 0 Å². The highest BCUT2D eigenvalue weighted by Crippen LogP contribution is 2.13. The van der Waals surface area contributed by atoms with Crippen molar-refractivity contribution in [3.05, 3.63) is 35.1 Å². The number of nitrogens with two attached hydrogens (primary N) is 1. The van der Waals surface area contributed by atoms with Crippen LogP contribution in [0, 0.1) is 34.9 Å². The highest BCUT2D eigenvalue weighted by atomic mass is 19.1. The first-order valence-corrected chi connectivity index (χ1v) is 7.13. The van der Waals surface area contributed by atoms with Crippen molar-refractivity contribution in [3.63, 3.8) is 0 Å². The number of hydrogen-bond acceptors (Lipinski definition) is 3. The summed E-state index contributed by atoms with van der Waals surface area (Å²) in [5.41, 5.74) is 6.85. The van der Waals surface area contributed by atoms with Gasteiger partial charge in [-0.05, 0) is 29.7 Å². The van der Waals surface area contributed by atoms with Crippen LogP contribution in [0.5, 0.6) is 0 Å². The van der Waals surface area contributed by atoms with E-state index in [1.165, 1.54) is 12.1 Å². The molecule has 0 radical (unpaired) electrons. The summed E-state index contributed by atoms with van der Waals surface area (Å²) in [6, 6.07) is 6.97. The highest BCUT2D eigenvalue weighted by Gasteiger charge is 2.09. The molecule has 0 fully saturated rings. The number of benzene rings is 1. The average Bonchev–Trinajstić information content (AvgIpc) is 2.41. The maximum absolute atomic E-state index is 13.7. The molecule has 1 aromatic rings. The quantitative estimate of drug-likeness (QED) is 0.818. The Bertz CT molecular complexity index is 549. The van der Waals surface area contributed by atoms with E-state index < -0.39 is 0 Å². The summed E-state index contributed by atoms with van der Waals surface area (Å²) in [7, 11) is 0. The van der Waals surface area contributed by atoms with Crippen LogP contribution in [0.1, 0.15) is 31.4 Å². The molecule has 0 saturated carbocycles. The smallest absolute Gasteiger partial charge is 0.124 e. The Morgan fingerprint density at radius 1 is 1.33 bits per heavy atom. The summed E-state index contributed by atoms with van der Waals surface area (Å²) in [5, 5.41) is 8.73. The molecule has 0 unspecified atom stereocenters. The zero-order chi connectivity index (χ0) is 15.7. The molecule has 112 valence electrons. The Morgan fingerprint density at radius 3 is 2.71 bits per heavy atom. The molecular weight excluding hydrogens is 265 g/mol. The van der Waals surface area contributed by atoms with Crippen LogP contribution in [0.3, 0.4) is 0 Å². The van der Waals surface area contributed by atoms with E-state index in [1.807, 2.05) is 6.07 Å². The maximum atomic E-state index is 13.7. The number of nitriles is 1. The van der Waals surface area contributed by atoms with Crippen LogP contribution in [-0.4, -0.2) is 24.5 Å². The number of hydrogen-bond donors (Lipinski definition) is 1. The minimum absolute atomic E-state index is 0.257. The van der Waals surface area contributed by atoms with Gasteiger partial charge in [0.2, 0.25) is 0 Å². The zero-order valence-corrected chi connectivity index (χ0v) is 12.7. The summed E-state index contributed by atoms with van der Waals surface area (Å²) in [6.07, 6.45) is 0.474. The molecule has 4 heteroatoms. The predicted molar refractivity (Wildman–Crippen MR) is 82.7 cm³/mol. The molecule has 0 aliphatic rings. The second-order valence-electron chi connectivity index (χ2n) is 5.39. The second-order valence-corrected chi connectivity index (χ2v) is 5.39. The van der Waals surface area contributed by atoms with Gasteiger partial charge in [0.25, 0.3) is 0 Å². The number of rotatable bonds is 6. The molecule has 1 rings (SSSR count). The molecule has 0 bridgehead atoms. The maximum Gasteiger partial charge on any atom is 0.124 e. The van der Waals surface area contributed by atoms with Crippen LogP contribution in [0.15, 0.2) is 18.2 Å². The second kappa shape index (κ2) is 9.13. The lowest BCUT2D eigenvalue weighted by molar-refractivity contribution is 0.241.